The van der Waals surface area contributed by atoms with Crippen LogP contribution in [-0.2, 0) is 18.4 Å². The van der Waals surface area contributed by atoms with E-state index in [1.165, 1.54) is 0 Å². The molecule has 0 radical (unpaired) electrons. The number of para-hydroxylation sites is 3. The summed E-state index contributed by atoms with van der Waals surface area (Å²) in [6.07, 6.45) is 3.50. The van der Waals surface area contributed by atoms with E-state index < -0.39 is 5.66 Å². The molecule has 1 aliphatic heterocycles. The Labute approximate surface area is 193 Å². The lowest BCUT2D eigenvalue weighted by atomic mass is 9.51. The van der Waals surface area contributed by atoms with Crippen LogP contribution in [-0.4, -0.2) is 27.0 Å². The number of aryl methyl sites for hydroxylation is 1. The first kappa shape index (κ1) is 20.3. The molecule has 1 aromatic heterocycles. The fraction of sp³-hybridized carbons (Fsp3) is 0.423. The van der Waals surface area contributed by atoms with Crippen molar-refractivity contribution in [3.8, 4) is 0 Å². The maximum Gasteiger partial charge on any atom is 0.255 e. The van der Waals surface area contributed by atoms with Gasteiger partial charge in [-0.1, -0.05) is 31.2 Å². The van der Waals surface area contributed by atoms with Gasteiger partial charge in [0.2, 0.25) is 5.91 Å². The highest BCUT2D eigenvalue weighted by atomic mass is 16.2. The van der Waals surface area contributed by atoms with Crippen LogP contribution in [0.15, 0.2) is 48.5 Å². The number of rotatable bonds is 3. The summed E-state index contributed by atoms with van der Waals surface area (Å²) in [7, 11) is 1.99. The molecule has 7 rings (SSSR count). The Morgan fingerprint density at radius 3 is 2.79 bits per heavy atom. The first-order valence-electron chi connectivity index (χ1n) is 11.8. The van der Waals surface area contributed by atoms with E-state index in [2.05, 4.69) is 27.9 Å². The van der Waals surface area contributed by atoms with Gasteiger partial charge in [0.25, 0.3) is 5.91 Å². The highest BCUT2D eigenvalue weighted by Gasteiger charge is 2.60. The van der Waals surface area contributed by atoms with Crippen LogP contribution in [0.1, 0.15) is 48.8 Å². The second-order valence-corrected chi connectivity index (χ2v) is 10.2. The standard InChI is InChI=1S/C26H29N5O2/c1-25-12-11-16(26(15-25)29-19-8-4-3-7-17(19)23(32)30-26)13-18(25)24(33)27-14-22-28-20-9-5-6-10-21(20)31(22)2/h3-10,16,18,29H,11-15H2,1-2H3,(H,27,33)(H,30,32)/t16-,18+,25+,26-/m0/s1. The Balaban J connectivity index is 1.21. The number of carbonyl (C=O) groups excluding carboxylic acids is 2. The minimum Gasteiger partial charge on any atom is -0.362 e. The molecule has 7 heteroatoms. The van der Waals surface area contributed by atoms with Crippen LogP contribution in [0, 0.1) is 17.3 Å². The Morgan fingerprint density at radius 1 is 1.18 bits per heavy atom. The van der Waals surface area contributed by atoms with Gasteiger partial charge >= 0.3 is 0 Å². The number of hydrogen-bond donors (Lipinski definition) is 3. The predicted molar refractivity (Wildman–Crippen MR) is 126 cm³/mol. The molecule has 2 heterocycles. The van der Waals surface area contributed by atoms with E-state index in [9.17, 15) is 9.59 Å². The SMILES string of the molecule is Cn1c(CNC(=O)[C@H]2C[C@@H]3CC[C@]2(C)C[C@]32NC(=O)c3ccccc3N2)nc2ccccc21. The molecule has 3 aliphatic carbocycles. The molecule has 3 N–H and O–H groups in total. The lowest BCUT2D eigenvalue weighted by molar-refractivity contribution is -0.139. The van der Waals surface area contributed by atoms with Gasteiger partial charge in [-0.25, -0.2) is 4.98 Å². The zero-order valence-corrected chi connectivity index (χ0v) is 19.0. The Kier molecular flexibility index (Phi) is 4.34. The Hall–Kier alpha value is -3.35. The van der Waals surface area contributed by atoms with Crippen LogP contribution in [0.3, 0.4) is 0 Å². The fourth-order valence-corrected chi connectivity index (χ4v) is 6.50. The van der Waals surface area contributed by atoms with Crippen molar-refractivity contribution in [1.29, 1.82) is 0 Å². The molecule has 2 bridgehead atoms. The number of nitrogens with zero attached hydrogens (tertiary/aromatic N) is 2. The zero-order valence-electron chi connectivity index (χ0n) is 19.0. The van der Waals surface area contributed by atoms with Crippen molar-refractivity contribution in [3.63, 3.8) is 0 Å². The first-order valence-corrected chi connectivity index (χ1v) is 11.8. The molecule has 4 atom stereocenters. The summed E-state index contributed by atoms with van der Waals surface area (Å²) < 4.78 is 2.04. The molecule has 4 aliphatic rings. The second-order valence-electron chi connectivity index (χ2n) is 10.2. The average Bonchev–Trinajstić information content (AvgIpc) is 3.13. The topological polar surface area (TPSA) is 88.0 Å². The number of anilines is 1. The van der Waals surface area contributed by atoms with Gasteiger partial charge in [0, 0.05) is 24.6 Å². The molecule has 3 fully saturated rings. The molecule has 0 unspecified atom stereocenters. The monoisotopic (exact) mass is 443 g/mol. The molecule has 1 spiro atoms. The van der Waals surface area contributed by atoms with Gasteiger partial charge < -0.3 is 20.5 Å². The smallest absolute Gasteiger partial charge is 0.255 e. The van der Waals surface area contributed by atoms with E-state index in [-0.39, 0.29) is 29.1 Å². The number of carbonyl (C=O) groups is 2. The normalized spacial score (nSPS) is 30.1. The molecule has 2 aromatic carbocycles. The van der Waals surface area contributed by atoms with Crippen molar-refractivity contribution in [1.82, 2.24) is 20.2 Å². The zero-order chi connectivity index (χ0) is 22.8. The number of nitrogens with one attached hydrogen (secondary N) is 3. The van der Waals surface area contributed by atoms with Crippen molar-refractivity contribution in [3.05, 3.63) is 59.9 Å². The summed E-state index contributed by atoms with van der Waals surface area (Å²) in [4.78, 5) is 30.9. The lowest BCUT2D eigenvalue weighted by Crippen LogP contribution is -2.70. The number of amides is 2. The van der Waals surface area contributed by atoms with Crippen LogP contribution in [0.25, 0.3) is 11.0 Å². The summed E-state index contributed by atoms with van der Waals surface area (Å²) in [5.74, 6) is 1.05. The van der Waals surface area contributed by atoms with Crippen LogP contribution in [0.4, 0.5) is 5.69 Å². The molecular weight excluding hydrogens is 414 g/mol. The predicted octanol–water partition coefficient (Wildman–Crippen LogP) is 3.57. The number of imidazole rings is 1. The summed E-state index contributed by atoms with van der Waals surface area (Å²) in [5, 5.41) is 10.1. The van der Waals surface area contributed by atoms with Crippen LogP contribution in [0.2, 0.25) is 0 Å². The van der Waals surface area contributed by atoms with Crippen LogP contribution in [0.5, 0.6) is 0 Å². The van der Waals surface area contributed by atoms with E-state index in [1.807, 2.05) is 60.1 Å². The number of hydrogen-bond acceptors (Lipinski definition) is 4. The summed E-state index contributed by atoms with van der Waals surface area (Å²) in [6, 6.07) is 15.7. The number of benzene rings is 2. The van der Waals surface area contributed by atoms with E-state index >= 15 is 0 Å². The summed E-state index contributed by atoms with van der Waals surface area (Å²) in [6.45, 7) is 2.62. The van der Waals surface area contributed by atoms with Crippen LogP contribution >= 0.6 is 0 Å². The summed E-state index contributed by atoms with van der Waals surface area (Å²) in [5.41, 5.74) is 2.91. The number of fused-ring (bicyclic) bond motifs is 4. The molecule has 0 saturated heterocycles. The van der Waals surface area contributed by atoms with Crippen molar-refractivity contribution in [2.24, 2.45) is 24.3 Å². The van der Waals surface area contributed by atoms with Gasteiger partial charge in [0.1, 0.15) is 11.5 Å². The van der Waals surface area contributed by atoms with Crippen molar-refractivity contribution in [2.45, 2.75) is 44.8 Å². The maximum absolute atomic E-state index is 13.4. The third-order valence-corrected chi connectivity index (χ3v) is 8.29. The van der Waals surface area contributed by atoms with E-state index in [0.29, 0.717) is 12.1 Å². The van der Waals surface area contributed by atoms with Gasteiger partial charge in [0.05, 0.1) is 23.1 Å². The maximum atomic E-state index is 13.4. The van der Waals surface area contributed by atoms with Gasteiger partial charge in [-0.15, -0.1) is 0 Å². The Bertz CT molecular complexity index is 1280. The van der Waals surface area contributed by atoms with Gasteiger partial charge in [-0.2, -0.15) is 0 Å². The second kappa shape index (κ2) is 7.07. The van der Waals surface area contributed by atoms with Crippen molar-refractivity contribution < 1.29 is 9.59 Å². The lowest BCUT2D eigenvalue weighted by Gasteiger charge is -2.60. The molecule has 2 amide bonds. The molecular formula is C26H29N5O2. The summed E-state index contributed by atoms with van der Waals surface area (Å²) >= 11 is 0. The minimum atomic E-state index is -0.480. The van der Waals surface area contributed by atoms with Crippen LogP contribution < -0.4 is 16.0 Å². The molecule has 7 nitrogen and oxygen atoms in total. The van der Waals surface area contributed by atoms with Gasteiger partial charge in [-0.05, 0) is 55.4 Å². The highest BCUT2D eigenvalue weighted by Crippen LogP contribution is 2.58. The quantitative estimate of drug-likeness (QED) is 0.578. The van der Waals surface area contributed by atoms with Crippen molar-refractivity contribution >= 4 is 28.5 Å². The van der Waals surface area contributed by atoms with Gasteiger partial charge in [-0.3, -0.25) is 9.59 Å². The largest absolute Gasteiger partial charge is 0.362 e. The third kappa shape index (κ3) is 3.05. The highest BCUT2D eigenvalue weighted by molar-refractivity contribution is 6.02. The minimum absolute atomic E-state index is 0.0247. The van der Waals surface area contributed by atoms with Crippen molar-refractivity contribution in [2.75, 3.05) is 5.32 Å². The molecule has 3 aromatic rings. The van der Waals surface area contributed by atoms with Gasteiger partial charge in [0.15, 0.2) is 0 Å². The Morgan fingerprint density at radius 2 is 1.97 bits per heavy atom. The third-order valence-electron chi connectivity index (χ3n) is 8.29. The molecule has 33 heavy (non-hydrogen) atoms. The van der Waals surface area contributed by atoms with E-state index in [1.54, 1.807) is 0 Å². The van der Waals surface area contributed by atoms with E-state index in [4.69, 9.17) is 0 Å². The first-order chi connectivity index (χ1) is 15.9. The van der Waals surface area contributed by atoms with E-state index in [0.717, 1.165) is 48.2 Å². The average molecular weight is 444 g/mol. The fourth-order valence-electron chi connectivity index (χ4n) is 6.50. The number of aromatic nitrogens is 2. The molecule has 170 valence electrons. The molecule has 3 saturated carbocycles.